The van der Waals surface area contributed by atoms with E-state index in [1.54, 1.807) is 12.4 Å². The number of hydrogen-bond acceptors (Lipinski definition) is 3. The van der Waals surface area contributed by atoms with Gasteiger partial charge in [-0.25, -0.2) is 4.68 Å². The summed E-state index contributed by atoms with van der Waals surface area (Å²) in [5, 5.41) is 15.5. The predicted octanol–water partition coefficient (Wildman–Crippen LogP) is 3.22. The average Bonchev–Trinajstić information content (AvgIpc) is 3.31. The summed E-state index contributed by atoms with van der Waals surface area (Å²) in [7, 11) is 0. The van der Waals surface area contributed by atoms with E-state index in [1.165, 1.54) is 0 Å². The molecule has 1 atom stereocenters. The van der Waals surface area contributed by atoms with E-state index in [2.05, 4.69) is 26.7 Å². The molecule has 0 radical (unpaired) electrons. The van der Waals surface area contributed by atoms with Gasteiger partial charge in [-0.2, -0.15) is 10.2 Å². The number of nitrogens with one attached hydrogen (secondary N) is 2. The Hall–Kier alpha value is -3.41. The summed E-state index contributed by atoms with van der Waals surface area (Å²) in [5.74, 6) is -0.0437. The second kappa shape index (κ2) is 5.31. The number of H-pyrrole nitrogens is 1. The Balaban J connectivity index is 1.70. The highest BCUT2D eigenvalue weighted by Crippen LogP contribution is 2.40. The molecule has 2 N–H and O–H groups in total. The molecule has 0 saturated carbocycles. The molecule has 6 nitrogen and oxygen atoms in total. The van der Waals surface area contributed by atoms with Crippen molar-refractivity contribution >= 4 is 22.5 Å². The molecule has 1 unspecified atom stereocenters. The fourth-order valence-electron chi connectivity index (χ4n) is 3.58. The van der Waals surface area contributed by atoms with Crippen LogP contribution in [0.5, 0.6) is 0 Å². The van der Waals surface area contributed by atoms with E-state index in [0.717, 1.165) is 33.5 Å². The van der Waals surface area contributed by atoms with Crippen LogP contribution in [0.3, 0.4) is 0 Å². The number of aromatic nitrogens is 4. The minimum atomic E-state index is -0.0502. The molecule has 0 bridgehead atoms. The van der Waals surface area contributed by atoms with Gasteiger partial charge in [-0.3, -0.25) is 9.89 Å². The van der Waals surface area contributed by atoms with Crippen LogP contribution in [-0.4, -0.2) is 25.9 Å². The smallest absolute Gasteiger partial charge is 0.225 e. The van der Waals surface area contributed by atoms with E-state index in [-0.39, 0.29) is 11.8 Å². The van der Waals surface area contributed by atoms with Crippen LogP contribution in [0.25, 0.3) is 16.6 Å². The Bertz CT molecular complexity index is 1080. The largest absolute Gasteiger partial charge is 0.325 e. The summed E-state index contributed by atoms with van der Waals surface area (Å²) in [6, 6.07) is 16.0. The fraction of sp³-hybridized carbons (Fsp3) is 0.105. The van der Waals surface area contributed by atoms with Gasteiger partial charge in [0.25, 0.3) is 0 Å². The Kier molecular flexibility index (Phi) is 2.97. The van der Waals surface area contributed by atoms with Gasteiger partial charge in [0.15, 0.2) is 0 Å². The molecule has 1 aliphatic heterocycles. The van der Waals surface area contributed by atoms with Crippen LogP contribution >= 0.6 is 0 Å². The topological polar surface area (TPSA) is 75.6 Å². The maximum atomic E-state index is 12.4. The van der Waals surface area contributed by atoms with Crippen molar-refractivity contribution in [3.63, 3.8) is 0 Å². The molecular weight excluding hydrogens is 314 g/mol. The summed E-state index contributed by atoms with van der Waals surface area (Å²) in [6.45, 7) is 0. The number of carbonyl (C=O) groups excluding carboxylic acids is 1. The lowest BCUT2D eigenvalue weighted by Gasteiger charge is -2.26. The molecule has 3 heterocycles. The predicted molar refractivity (Wildman–Crippen MR) is 94.7 cm³/mol. The maximum absolute atomic E-state index is 12.4. The van der Waals surface area contributed by atoms with Crippen molar-refractivity contribution in [3.05, 3.63) is 72.2 Å². The molecule has 0 aliphatic carbocycles. The third-order valence-electron chi connectivity index (χ3n) is 4.72. The monoisotopic (exact) mass is 329 g/mol. The van der Waals surface area contributed by atoms with Gasteiger partial charge in [-0.05, 0) is 29.8 Å². The third-order valence-corrected chi connectivity index (χ3v) is 4.72. The molecular formula is C19H15N5O. The first-order chi connectivity index (χ1) is 12.3. The second-order valence-electron chi connectivity index (χ2n) is 6.17. The Labute approximate surface area is 143 Å². The van der Waals surface area contributed by atoms with Crippen LogP contribution in [-0.2, 0) is 4.79 Å². The first-order valence-corrected chi connectivity index (χ1v) is 8.16. The van der Waals surface area contributed by atoms with E-state index in [0.29, 0.717) is 6.42 Å². The summed E-state index contributed by atoms with van der Waals surface area (Å²) in [5.41, 5.74) is 4.83. The van der Waals surface area contributed by atoms with Gasteiger partial charge in [-0.15, -0.1) is 0 Å². The summed E-state index contributed by atoms with van der Waals surface area (Å²) in [6.07, 6.45) is 3.94. The average molecular weight is 329 g/mol. The lowest BCUT2D eigenvalue weighted by atomic mass is 9.86. The van der Waals surface area contributed by atoms with Crippen molar-refractivity contribution in [2.75, 3.05) is 5.32 Å². The first-order valence-electron chi connectivity index (χ1n) is 8.16. The van der Waals surface area contributed by atoms with Crippen LogP contribution in [0.15, 0.2) is 60.9 Å². The van der Waals surface area contributed by atoms with Crippen molar-refractivity contribution in [2.24, 2.45) is 0 Å². The minimum absolute atomic E-state index is 0.00649. The fourth-order valence-corrected chi connectivity index (χ4v) is 3.58. The number of carbonyl (C=O) groups is 1. The molecule has 2 aromatic heterocycles. The van der Waals surface area contributed by atoms with E-state index in [9.17, 15) is 4.79 Å². The lowest BCUT2D eigenvalue weighted by molar-refractivity contribution is -0.116. The van der Waals surface area contributed by atoms with Gasteiger partial charge in [0.1, 0.15) is 0 Å². The van der Waals surface area contributed by atoms with E-state index in [4.69, 9.17) is 0 Å². The highest BCUT2D eigenvalue weighted by molar-refractivity contribution is 6.05. The molecule has 1 aliphatic rings. The normalized spacial score (nSPS) is 16.6. The van der Waals surface area contributed by atoms with Gasteiger partial charge in [0.05, 0.1) is 28.8 Å². The Morgan fingerprint density at radius 3 is 2.84 bits per heavy atom. The van der Waals surface area contributed by atoms with Gasteiger partial charge in [-0.1, -0.05) is 24.3 Å². The number of anilines is 1. The quantitative estimate of drug-likeness (QED) is 0.593. The molecule has 0 saturated heterocycles. The molecule has 6 heteroatoms. The number of para-hydroxylation sites is 1. The molecule has 0 fully saturated rings. The van der Waals surface area contributed by atoms with Crippen molar-refractivity contribution in [2.45, 2.75) is 12.3 Å². The van der Waals surface area contributed by atoms with Crippen molar-refractivity contribution < 1.29 is 4.79 Å². The van der Waals surface area contributed by atoms with E-state index >= 15 is 0 Å². The van der Waals surface area contributed by atoms with Gasteiger partial charge < -0.3 is 5.32 Å². The highest BCUT2D eigenvalue weighted by Gasteiger charge is 2.30. The Morgan fingerprint density at radius 1 is 1.08 bits per heavy atom. The zero-order valence-electron chi connectivity index (χ0n) is 13.3. The molecule has 2 aromatic carbocycles. The SMILES string of the molecule is O=C1CC(c2ccnn2-c2ccccc2)c2ccc3[nH]ncc3c2N1. The first kappa shape index (κ1) is 14.0. The van der Waals surface area contributed by atoms with Crippen LogP contribution in [0, 0.1) is 0 Å². The number of fused-ring (bicyclic) bond motifs is 3. The number of rotatable bonds is 2. The van der Waals surface area contributed by atoms with Crippen molar-refractivity contribution in [1.29, 1.82) is 0 Å². The van der Waals surface area contributed by atoms with Crippen LogP contribution < -0.4 is 5.32 Å². The van der Waals surface area contributed by atoms with Crippen LogP contribution in [0.4, 0.5) is 5.69 Å². The zero-order valence-corrected chi connectivity index (χ0v) is 13.3. The lowest BCUT2D eigenvalue weighted by Crippen LogP contribution is -2.25. The molecule has 5 rings (SSSR count). The zero-order chi connectivity index (χ0) is 16.8. The minimum Gasteiger partial charge on any atom is -0.325 e. The maximum Gasteiger partial charge on any atom is 0.225 e. The van der Waals surface area contributed by atoms with E-state index < -0.39 is 0 Å². The van der Waals surface area contributed by atoms with Crippen LogP contribution in [0.2, 0.25) is 0 Å². The van der Waals surface area contributed by atoms with Gasteiger partial charge in [0, 0.05) is 23.9 Å². The second-order valence-corrected chi connectivity index (χ2v) is 6.17. The van der Waals surface area contributed by atoms with E-state index in [1.807, 2.05) is 47.1 Å². The molecule has 4 aromatic rings. The van der Waals surface area contributed by atoms with Gasteiger partial charge >= 0.3 is 0 Å². The molecule has 1 amide bonds. The molecule has 25 heavy (non-hydrogen) atoms. The number of amides is 1. The molecule has 0 spiro atoms. The molecule has 122 valence electrons. The highest BCUT2D eigenvalue weighted by atomic mass is 16.1. The Morgan fingerprint density at radius 2 is 1.96 bits per heavy atom. The number of nitrogens with zero attached hydrogens (tertiary/aromatic N) is 3. The summed E-state index contributed by atoms with van der Waals surface area (Å²) in [4.78, 5) is 12.4. The third kappa shape index (κ3) is 2.15. The van der Waals surface area contributed by atoms with Gasteiger partial charge in [0.2, 0.25) is 5.91 Å². The van der Waals surface area contributed by atoms with Crippen LogP contribution in [0.1, 0.15) is 23.6 Å². The van der Waals surface area contributed by atoms with Crippen molar-refractivity contribution in [1.82, 2.24) is 20.0 Å². The number of benzene rings is 2. The number of aromatic amines is 1. The number of hydrogen-bond donors (Lipinski definition) is 2. The standard InChI is InChI=1S/C19H15N5O/c25-18-10-14(13-6-7-16-15(11-20-23-16)19(13)22-18)17-8-9-21-24(17)12-4-2-1-3-5-12/h1-9,11,14H,10H2,(H,20,23)(H,22,25). The van der Waals surface area contributed by atoms with Crippen molar-refractivity contribution in [3.8, 4) is 5.69 Å². The summed E-state index contributed by atoms with van der Waals surface area (Å²) >= 11 is 0. The summed E-state index contributed by atoms with van der Waals surface area (Å²) < 4.78 is 1.91.